The Morgan fingerprint density at radius 2 is 0.770 bits per heavy atom. The van der Waals surface area contributed by atoms with E-state index >= 15 is 0 Å². The van der Waals surface area contributed by atoms with Gasteiger partial charge in [-0.25, -0.2) is 0 Å². The standard InChI is InChI=1S/C26H32O5.C21H36O2Si.C20H34O2Si.C15H23BrOSi.C15H22O2/c1-26(2,3)25(29-5)21-8-6-7-20-19(21)11-12-22(20)31-17-9-10-18-16(13-24(27)28-4)15-30-23(18)14-17;1-20(2,3)19(22-7)17-12-10-11-16-15(17)13-14-18(16)23-24(8,9)21(4,5)6;1-19(2,3)18(21)16-11-9-10-15-14(16)12-13-17(15)22-23(7,8)20(4,5)6;1-15(2,3)18(4,5)17-14-10-9-11-12(14)7-6-8-13(11)16;1-15(2,3)14(17-4)12-7-5-6-11-10(12)8-9-13(11)16/h6-10,14,16,22,25H,11-13,15H2,1-5H3;10-12,18-19H,13-14H2,1-9H3;9-11,17-18,21H,12-13H2,1-8H3;6-8,14H,9-10H2,1-5H3;5-7,13-14,16H,8-9H2,1-4H3. The summed E-state index contributed by atoms with van der Waals surface area (Å²) < 4.78 is 55.7. The molecule has 16 heteroatoms. The van der Waals surface area contributed by atoms with Gasteiger partial charge in [0, 0.05) is 43.3 Å². The average Bonchev–Trinajstić information content (AvgIpc) is 1.66. The van der Waals surface area contributed by atoms with Crippen molar-refractivity contribution in [2.45, 2.75) is 331 Å². The number of rotatable bonds is 17. The Morgan fingerprint density at radius 1 is 0.434 bits per heavy atom. The quantitative estimate of drug-likeness (QED) is 0.0663. The molecule has 10 atom stereocenters. The third kappa shape index (κ3) is 22.4. The summed E-state index contributed by atoms with van der Waals surface area (Å²) >= 11 is 3.65. The summed E-state index contributed by atoms with van der Waals surface area (Å²) in [4.78, 5) is 11.6. The Labute approximate surface area is 695 Å². The van der Waals surface area contributed by atoms with E-state index in [0.717, 1.165) is 92.4 Å². The monoisotopic (exact) mass is 1670 g/mol. The van der Waals surface area contributed by atoms with Crippen LogP contribution in [0, 0.1) is 21.7 Å². The molecule has 12 nitrogen and oxygen atoms in total. The molecule has 1 aliphatic heterocycles. The molecule has 2 N–H and O–H groups in total. The highest BCUT2D eigenvalue weighted by Gasteiger charge is 2.46. The zero-order chi connectivity index (χ0) is 84.3. The van der Waals surface area contributed by atoms with Gasteiger partial charge in [0.25, 0.3) is 0 Å². The van der Waals surface area contributed by atoms with Gasteiger partial charge in [0.15, 0.2) is 25.0 Å². The molecule has 5 aliphatic carbocycles. The molecule has 0 spiro atoms. The number of benzene rings is 6. The first-order valence-corrected chi connectivity index (χ1v) is 51.5. The third-order valence-electron chi connectivity index (χ3n) is 25.7. The Balaban J connectivity index is 0.000000180. The molecule has 1 heterocycles. The lowest BCUT2D eigenvalue weighted by molar-refractivity contribution is -0.141. The molecule has 0 fully saturated rings. The number of aliphatic hydroxyl groups excluding tert-OH is 2. The van der Waals surface area contributed by atoms with Crippen molar-refractivity contribution < 1.29 is 56.7 Å². The summed E-state index contributed by atoms with van der Waals surface area (Å²) in [6, 6.07) is 38.1. The molecular weight excluding hydrogens is 1520 g/mol. The number of carbonyl (C=O) groups is 1. The molecule has 12 rings (SSSR count). The van der Waals surface area contributed by atoms with Crippen LogP contribution in [-0.4, -0.2) is 76.2 Å². The van der Waals surface area contributed by atoms with E-state index in [0.29, 0.717) is 19.1 Å². The van der Waals surface area contributed by atoms with Gasteiger partial charge in [-0.05, 0) is 230 Å². The van der Waals surface area contributed by atoms with Crippen molar-refractivity contribution in [3.63, 3.8) is 0 Å². The zero-order valence-corrected chi connectivity index (χ0v) is 80.1. The van der Waals surface area contributed by atoms with Gasteiger partial charge in [-0.2, -0.15) is 0 Å². The maximum absolute atomic E-state index is 11.6. The van der Waals surface area contributed by atoms with Crippen LogP contribution in [0.15, 0.2) is 114 Å². The summed E-state index contributed by atoms with van der Waals surface area (Å²) in [6.07, 6.45) is 10.9. The second-order valence-corrected chi connectivity index (χ2v) is 56.7. The maximum atomic E-state index is 11.6. The fraction of sp³-hybridized carbons (Fsp3) is 0.619. The summed E-state index contributed by atoms with van der Waals surface area (Å²) in [7, 11) is 1.58. The molecule has 0 bridgehead atoms. The lowest BCUT2D eigenvalue weighted by Gasteiger charge is -2.38. The molecule has 6 aliphatic rings. The second kappa shape index (κ2) is 36.8. The summed E-state index contributed by atoms with van der Waals surface area (Å²) in [5.41, 5.74) is 19.3. The van der Waals surface area contributed by atoms with Crippen molar-refractivity contribution in [3.05, 3.63) is 197 Å². The second-order valence-electron chi connectivity index (χ2n) is 41.6. The first-order chi connectivity index (χ1) is 52.2. The van der Waals surface area contributed by atoms with Crippen LogP contribution in [0.5, 0.6) is 11.5 Å². The van der Waals surface area contributed by atoms with Crippen molar-refractivity contribution in [1.82, 2.24) is 0 Å². The molecular formula is C97H147BrO12Si3. The number of methoxy groups -OCH3 is 4. The van der Waals surface area contributed by atoms with E-state index in [1.54, 1.807) is 14.2 Å². The number of carbonyl (C=O) groups excluding carboxylic acids is 1. The van der Waals surface area contributed by atoms with Gasteiger partial charge in [0.05, 0.1) is 69.0 Å². The van der Waals surface area contributed by atoms with Gasteiger partial charge in [-0.1, -0.05) is 252 Å². The summed E-state index contributed by atoms with van der Waals surface area (Å²) in [5, 5.41) is 21.4. The largest absolute Gasteiger partial charge is 0.492 e. The topological polar surface area (TPSA) is 141 Å². The first kappa shape index (κ1) is 93.7. The lowest BCUT2D eigenvalue weighted by atomic mass is 9.82. The highest BCUT2D eigenvalue weighted by Crippen LogP contribution is 2.52. The fourth-order valence-electron chi connectivity index (χ4n) is 16.5. The Kier molecular flexibility index (Phi) is 30.5. The minimum absolute atomic E-state index is 0.0118. The highest BCUT2D eigenvalue weighted by molar-refractivity contribution is 9.10. The van der Waals surface area contributed by atoms with Crippen molar-refractivity contribution in [2.75, 3.05) is 35.0 Å². The predicted molar refractivity (Wildman–Crippen MR) is 476 cm³/mol. The Bertz CT molecular complexity index is 4170. The average molecular weight is 1670 g/mol. The van der Waals surface area contributed by atoms with Gasteiger partial charge >= 0.3 is 5.97 Å². The van der Waals surface area contributed by atoms with E-state index in [9.17, 15) is 15.0 Å². The van der Waals surface area contributed by atoms with Crippen LogP contribution in [0.3, 0.4) is 0 Å². The number of fused-ring (bicyclic) bond motifs is 6. The molecule has 0 saturated heterocycles. The molecule has 0 saturated carbocycles. The van der Waals surface area contributed by atoms with Crippen LogP contribution < -0.4 is 9.47 Å². The highest BCUT2D eigenvalue weighted by atomic mass is 79.9. The smallest absolute Gasteiger partial charge is 0.306 e. The van der Waals surface area contributed by atoms with Crippen LogP contribution in [0.25, 0.3) is 0 Å². The Hall–Kier alpha value is -4.80. The normalized spacial score (nSPS) is 20.5. The van der Waals surface area contributed by atoms with Gasteiger partial charge < -0.3 is 51.9 Å². The van der Waals surface area contributed by atoms with Crippen LogP contribution in [0.1, 0.15) is 328 Å². The van der Waals surface area contributed by atoms with E-state index in [1.807, 2.05) is 37.4 Å². The maximum Gasteiger partial charge on any atom is 0.306 e. The Morgan fingerprint density at radius 3 is 1.15 bits per heavy atom. The van der Waals surface area contributed by atoms with Crippen LogP contribution in [0.2, 0.25) is 54.4 Å². The number of ether oxygens (including phenoxy) is 6. The molecule has 0 amide bonds. The number of halogens is 1. The number of esters is 1. The van der Waals surface area contributed by atoms with Gasteiger partial charge in [-0.15, -0.1) is 0 Å². The third-order valence-corrected chi connectivity index (χ3v) is 39.9. The van der Waals surface area contributed by atoms with Gasteiger partial charge in [0.1, 0.15) is 17.6 Å². The van der Waals surface area contributed by atoms with E-state index in [-0.39, 0.29) is 91.4 Å². The molecule has 626 valence electrons. The van der Waals surface area contributed by atoms with E-state index < -0.39 is 31.1 Å². The lowest BCUT2D eigenvalue weighted by Crippen LogP contribution is -2.41. The molecule has 113 heavy (non-hydrogen) atoms. The van der Waals surface area contributed by atoms with Crippen LogP contribution in [0.4, 0.5) is 0 Å². The summed E-state index contributed by atoms with van der Waals surface area (Å²) in [6.45, 7) is 61.4. The summed E-state index contributed by atoms with van der Waals surface area (Å²) in [5.74, 6) is 1.41. The number of hydrogen-bond acceptors (Lipinski definition) is 12. The van der Waals surface area contributed by atoms with Gasteiger partial charge in [-0.3, -0.25) is 4.79 Å². The molecule has 6 aromatic rings. The van der Waals surface area contributed by atoms with Gasteiger partial charge in [0.2, 0.25) is 0 Å². The molecule has 6 aromatic carbocycles. The molecule has 0 radical (unpaired) electrons. The minimum atomic E-state index is -1.78. The fourth-order valence-corrected chi connectivity index (χ4v) is 21.0. The van der Waals surface area contributed by atoms with E-state index in [1.165, 1.54) is 78.3 Å². The zero-order valence-electron chi connectivity index (χ0n) is 75.5. The van der Waals surface area contributed by atoms with Crippen molar-refractivity contribution in [2.24, 2.45) is 21.7 Å². The predicted octanol–water partition coefficient (Wildman–Crippen LogP) is 26.6. The van der Waals surface area contributed by atoms with Crippen molar-refractivity contribution in [1.29, 1.82) is 0 Å². The van der Waals surface area contributed by atoms with Crippen molar-refractivity contribution in [3.8, 4) is 11.5 Å². The number of aliphatic hydroxyl groups is 2. The van der Waals surface area contributed by atoms with E-state index in [2.05, 4.69) is 279 Å². The first-order valence-electron chi connectivity index (χ1n) is 41.9. The van der Waals surface area contributed by atoms with Crippen LogP contribution in [-0.2, 0) is 69.1 Å². The van der Waals surface area contributed by atoms with Crippen LogP contribution >= 0.6 is 15.9 Å². The minimum Gasteiger partial charge on any atom is -0.492 e. The molecule has 0 aromatic heterocycles. The molecule has 10 unspecified atom stereocenters. The van der Waals surface area contributed by atoms with Crippen molar-refractivity contribution >= 4 is 46.9 Å². The number of hydrogen-bond donors (Lipinski definition) is 2. The SMILES string of the molecule is CC(C)(C)C(O)c1cccc2c1CCC2O[Si](C)(C)C(C)(C)C.CC(C)(C)[Si](C)(C)OC1CCc2c(Br)cccc21.COC(=O)CC1COc2cc(OC3CCc4c3cccc4C(OC)C(C)(C)C)ccc21.COC(c1cccc2c1CCC2O)C(C)(C)C.COC(c1cccc2c1CCC2O[Si](C)(C)C(C)(C)C)C(C)(C)C. The van der Waals surface area contributed by atoms with E-state index in [4.69, 9.17) is 41.7 Å².